The summed E-state index contributed by atoms with van der Waals surface area (Å²) >= 11 is 0. The minimum absolute atomic E-state index is 0.104. The fourth-order valence-corrected chi connectivity index (χ4v) is 1.20. The number of amides is 2. The third kappa shape index (κ3) is 5.19. The van der Waals surface area contributed by atoms with Crippen molar-refractivity contribution in [2.45, 2.75) is 33.2 Å². The van der Waals surface area contributed by atoms with Crippen molar-refractivity contribution in [3.05, 3.63) is 18.3 Å². The van der Waals surface area contributed by atoms with Crippen LogP contribution in [0.5, 0.6) is 5.88 Å². The number of nitrogens with zero attached hydrogens (tertiary/aromatic N) is 1. The van der Waals surface area contributed by atoms with Gasteiger partial charge in [0.2, 0.25) is 5.88 Å². The van der Waals surface area contributed by atoms with Crippen molar-refractivity contribution in [2.24, 2.45) is 0 Å². The van der Waals surface area contributed by atoms with Gasteiger partial charge < -0.3 is 15.4 Å². The molecule has 0 aliphatic heterocycles. The van der Waals surface area contributed by atoms with Gasteiger partial charge in [-0.1, -0.05) is 6.92 Å². The topological polar surface area (TPSA) is 63.2 Å². The number of ether oxygens (including phenoxy) is 1. The summed E-state index contributed by atoms with van der Waals surface area (Å²) in [6.45, 7) is 6.46. The van der Waals surface area contributed by atoms with Crippen molar-refractivity contribution < 1.29 is 9.53 Å². The van der Waals surface area contributed by atoms with E-state index in [1.807, 2.05) is 20.8 Å². The Balaban J connectivity index is 2.56. The highest BCUT2D eigenvalue weighted by molar-refractivity contribution is 5.89. The molecule has 5 nitrogen and oxygen atoms in total. The highest BCUT2D eigenvalue weighted by Crippen LogP contribution is 2.13. The molecule has 0 aliphatic carbocycles. The van der Waals surface area contributed by atoms with E-state index in [0.717, 1.165) is 6.42 Å². The van der Waals surface area contributed by atoms with Crippen molar-refractivity contribution in [3.8, 4) is 5.88 Å². The molecule has 1 rings (SSSR count). The van der Waals surface area contributed by atoms with Crippen LogP contribution in [0.4, 0.5) is 10.5 Å². The second-order valence-corrected chi connectivity index (χ2v) is 3.98. The summed E-state index contributed by atoms with van der Waals surface area (Å²) in [7, 11) is 0. The van der Waals surface area contributed by atoms with Crippen LogP contribution in [0.1, 0.15) is 27.2 Å². The van der Waals surface area contributed by atoms with Crippen LogP contribution >= 0.6 is 0 Å². The molecule has 0 saturated heterocycles. The smallest absolute Gasteiger partial charge is 0.319 e. The monoisotopic (exact) mass is 237 g/mol. The van der Waals surface area contributed by atoms with Gasteiger partial charge in [-0.25, -0.2) is 9.78 Å². The van der Waals surface area contributed by atoms with Gasteiger partial charge in [-0.15, -0.1) is 0 Å². The van der Waals surface area contributed by atoms with Crippen LogP contribution in [0.15, 0.2) is 18.3 Å². The highest BCUT2D eigenvalue weighted by atomic mass is 16.5. The van der Waals surface area contributed by atoms with E-state index in [-0.39, 0.29) is 12.1 Å². The van der Waals surface area contributed by atoms with Gasteiger partial charge in [0.1, 0.15) is 0 Å². The summed E-state index contributed by atoms with van der Waals surface area (Å²) in [6.07, 6.45) is 2.53. The Bertz CT molecular complexity index is 367. The van der Waals surface area contributed by atoms with Gasteiger partial charge in [0.15, 0.2) is 0 Å². The fraction of sp³-hybridized carbons (Fsp3) is 0.500. The zero-order valence-electron chi connectivity index (χ0n) is 10.5. The third-order valence-corrected chi connectivity index (χ3v) is 1.87. The molecule has 0 unspecified atom stereocenters. The Morgan fingerprint density at radius 2 is 2.29 bits per heavy atom. The van der Waals surface area contributed by atoms with Gasteiger partial charge in [-0.3, -0.25) is 0 Å². The average Bonchev–Trinajstić information content (AvgIpc) is 2.25. The Labute approximate surface area is 102 Å². The molecule has 0 aliphatic rings. The van der Waals surface area contributed by atoms with E-state index in [2.05, 4.69) is 15.6 Å². The zero-order valence-corrected chi connectivity index (χ0v) is 10.5. The standard InChI is InChI=1S/C12H19N3O2/c1-4-7-17-11-8-10(5-6-13-11)15-12(16)14-9(2)3/h5-6,8-9H,4,7H2,1-3H3,(H2,13,14,15,16). The molecule has 0 radical (unpaired) electrons. The molecule has 0 spiro atoms. The summed E-state index contributed by atoms with van der Waals surface area (Å²) in [4.78, 5) is 15.5. The number of anilines is 1. The lowest BCUT2D eigenvalue weighted by molar-refractivity contribution is 0.250. The summed E-state index contributed by atoms with van der Waals surface area (Å²) in [5.41, 5.74) is 0.671. The van der Waals surface area contributed by atoms with Gasteiger partial charge in [-0.05, 0) is 26.3 Å². The number of pyridine rings is 1. The SMILES string of the molecule is CCCOc1cc(NC(=O)NC(C)C)ccn1. The van der Waals surface area contributed by atoms with Gasteiger partial charge in [-0.2, -0.15) is 0 Å². The number of nitrogens with one attached hydrogen (secondary N) is 2. The van der Waals surface area contributed by atoms with Crippen LogP contribution in [0.25, 0.3) is 0 Å². The van der Waals surface area contributed by atoms with Crippen molar-refractivity contribution in [2.75, 3.05) is 11.9 Å². The van der Waals surface area contributed by atoms with Crippen LogP contribution in [0.2, 0.25) is 0 Å². The van der Waals surface area contributed by atoms with Crippen LogP contribution < -0.4 is 15.4 Å². The minimum atomic E-state index is -0.229. The molecule has 1 aromatic heterocycles. The van der Waals surface area contributed by atoms with Gasteiger partial charge in [0, 0.05) is 24.0 Å². The van der Waals surface area contributed by atoms with E-state index in [9.17, 15) is 4.79 Å². The number of carbonyl (C=O) groups is 1. The molecule has 2 amide bonds. The summed E-state index contributed by atoms with van der Waals surface area (Å²) in [6, 6.07) is 3.30. The van der Waals surface area contributed by atoms with Gasteiger partial charge in [0.05, 0.1) is 6.61 Å². The van der Waals surface area contributed by atoms with E-state index in [4.69, 9.17) is 4.74 Å². The number of rotatable bonds is 5. The first kappa shape index (κ1) is 13.3. The van der Waals surface area contributed by atoms with E-state index in [1.165, 1.54) is 0 Å². The van der Waals surface area contributed by atoms with Gasteiger partial charge in [0.25, 0.3) is 0 Å². The lowest BCUT2D eigenvalue weighted by Gasteiger charge is -2.10. The van der Waals surface area contributed by atoms with E-state index in [0.29, 0.717) is 18.2 Å². The van der Waals surface area contributed by atoms with Crippen molar-refractivity contribution >= 4 is 11.7 Å². The quantitative estimate of drug-likeness (QED) is 0.826. The average molecular weight is 237 g/mol. The third-order valence-electron chi connectivity index (χ3n) is 1.87. The van der Waals surface area contributed by atoms with Crippen molar-refractivity contribution in [1.82, 2.24) is 10.3 Å². The predicted molar refractivity (Wildman–Crippen MR) is 67.3 cm³/mol. The van der Waals surface area contributed by atoms with E-state index < -0.39 is 0 Å². The second kappa shape index (κ2) is 6.73. The first-order valence-electron chi connectivity index (χ1n) is 5.78. The summed E-state index contributed by atoms with van der Waals surface area (Å²) < 4.78 is 5.38. The maximum absolute atomic E-state index is 11.5. The normalized spacial score (nSPS) is 10.1. The Morgan fingerprint density at radius 3 is 2.94 bits per heavy atom. The second-order valence-electron chi connectivity index (χ2n) is 3.98. The van der Waals surface area contributed by atoms with Crippen molar-refractivity contribution in [3.63, 3.8) is 0 Å². The number of hydrogen-bond donors (Lipinski definition) is 2. The predicted octanol–water partition coefficient (Wildman–Crippen LogP) is 2.40. The molecule has 0 atom stereocenters. The largest absolute Gasteiger partial charge is 0.478 e. The van der Waals surface area contributed by atoms with Gasteiger partial charge >= 0.3 is 6.03 Å². The Hall–Kier alpha value is -1.78. The molecular formula is C12H19N3O2. The molecule has 0 bridgehead atoms. The molecule has 0 fully saturated rings. The summed E-state index contributed by atoms with van der Waals surface area (Å²) in [5, 5.41) is 5.46. The maximum atomic E-state index is 11.5. The molecule has 0 saturated carbocycles. The zero-order chi connectivity index (χ0) is 12.7. The highest BCUT2D eigenvalue weighted by Gasteiger charge is 2.04. The molecular weight excluding hydrogens is 218 g/mol. The molecule has 1 heterocycles. The van der Waals surface area contributed by atoms with Crippen LogP contribution in [-0.2, 0) is 0 Å². The molecule has 2 N–H and O–H groups in total. The Morgan fingerprint density at radius 1 is 1.53 bits per heavy atom. The number of hydrogen-bond acceptors (Lipinski definition) is 3. The van der Waals surface area contributed by atoms with Crippen LogP contribution in [0, 0.1) is 0 Å². The number of carbonyl (C=O) groups excluding carboxylic acids is 1. The first-order valence-corrected chi connectivity index (χ1v) is 5.78. The lowest BCUT2D eigenvalue weighted by atomic mass is 10.4. The van der Waals surface area contributed by atoms with E-state index >= 15 is 0 Å². The van der Waals surface area contributed by atoms with E-state index in [1.54, 1.807) is 18.3 Å². The fourth-order valence-electron chi connectivity index (χ4n) is 1.20. The number of urea groups is 1. The number of aromatic nitrogens is 1. The molecule has 17 heavy (non-hydrogen) atoms. The van der Waals surface area contributed by atoms with Crippen LogP contribution in [0.3, 0.4) is 0 Å². The molecule has 1 aromatic rings. The lowest BCUT2D eigenvalue weighted by Crippen LogP contribution is -2.34. The molecule has 5 heteroatoms. The van der Waals surface area contributed by atoms with Crippen LogP contribution in [-0.4, -0.2) is 23.7 Å². The molecule has 94 valence electrons. The molecule has 0 aromatic carbocycles. The van der Waals surface area contributed by atoms with Crippen molar-refractivity contribution in [1.29, 1.82) is 0 Å². The Kier molecular flexibility index (Phi) is 5.26. The summed E-state index contributed by atoms with van der Waals surface area (Å²) in [5.74, 6) is 0.522. The minimum Gasteiger partial charge on any atom is -0.478 e. The maximum Gasteiger partial charge on any atom is 0.319 e. The first-order chi connectivity index (χ1) is 8.11.